The van der Waals surface area contributed by atoms with Crippen molar-refractivity contribution in [3.63, 3.8) is 0 Å². The molecule has 0 aromatic rings. The molecule has 14 heavy (non-hydrogen) atoms. The summed E-state index contributed by atoms with van der Waals surface area (Å²) in [5.74, 6) is 3.05. The van der Waals surface area contributed by atoms with Gasteiger partial charge in [-0.05, 0) is 6.92 Å². The van der Waals surface area contributed by atoms with E-state index in [4.69, 9.17) is 4.74 Å². The topological polar surface area (TPSA) is 46.6 Å². The number of nitrogens with zero attached hydrogens (tertiary/aromatic N) is 1. The third-order valence-corrected chi connectivity index (χ3v) is 2.79. The van der Waals surface area contributed by atoms with Gasteiger partial charge in [0, 0.05) is 18.9 Å². The summed E-state index contributed by atoms with van der Waals surface area (Å²) >= 11 is 1.58. The Morgan fingerprint density at radius 3 is 3.07 bits per heavy atom. The molecule has 1 amide bonds. The van der Waals surface area contributed by atoms with Crippen LogP contribution in [-0.4, -0.2) is 48.0 Å². The van der Waals surface area contributed by atoms with Gasteiger partial charge in [-0.1, -0.05) is 0 Å². The van der Waals surface area contributed by atoms with Crippen molar-refractivity contribution in [2.45, 2.75) is 6.92 Å². The van der Waals surface area contributed by atoms with Crippen molar-refractivity contribution in [3.8, 4) is 0 Å². The molecule has 1 heterocycles. The van der Waals surface area contributed by atoms with Gasteiger partial charge in [0.1, 0.15) is 11.6 Å². The summed E-state index contributed by atoms with van der Waals surface area (Å²) < 4.78 is 5.09. The summed E-state index contributed by atoms with van der Waals surface area (Å²) in [6, 6.07) is 0. The van der Waals surface area contributed by atoms with Crippen LogP contribution in [0.2, 0.25) is 0 Å². The fourth-order valence-electron chi connectivity index (χ4n) is 1.16. The molecule has 0 N–H and O–H groups in total. The molecule has 78 valence electrons. The number of thioether (sulfide) groups is 1. The van der Waals surface area contributed by atoms with Crippen molar-refractivity contribution >= 4 is 23.6 Å². The molecule has 0 radical (unpaired) electrons. The van der Waals surface area contributed by atoms with Crippen LogP contribution < -0.4 is 0 Å². The van der Waals surface area contributed by atoms with Crippen molar-refractivity contribution < 1.29 is 14.3 Å². The highest BCUT2D eigenvalue weighted by molar-refractivity contribution is 8.00. The molecule has 1 aliphatic rings. The lowest BCUT2D eigenvalue weighted by molar-refractivity contribution is -0.127. The molecule has 0 atom stereocenters. The second-order valence-corrected chi connectivity index (χ2v) is 3.89. The first-order chi connectivity index (χ1) is 6.79. The summed E-state index contributed by atoms with van der Waals surface area (Å²) in [6.07, 6.45) is 0. The van der Waals surface area contributed by atoms with Gasteiger partial charge in [-0.3, -0.25) is 4.79 Å². The number of hydrogen-bond donors (Lipinski definition) is 0. The lowest BCUT2D eigenvalue weighted by atomic mass is 10.4. The van der Waals surface area contributed by atoms with E-state index in [2.05, 4.69) is 0 Å². The average Bonchev–Trinajstić information content (AvgIpc) is 2.21. The number of amides is 1. The van der Waals surface area contributed by atoms with Gasteiger partial charge in [0.2, 0.25) is 5.91 Å². The molecule has 5 heteroatoms. The molecule has 0 aromatic carbocycles. The fourth-order valence-corrected chi connectivity index (χ4v) is 1.95. The van der Waals surface area contributed by atoms with Crippen molar-refractivity contribution in [3.05, 3.63) is 5.70 Å². The number of rotatable bonds is 4. The smallest absolute Gasteiger partial charge is 0.237 e. The largest absolute Gasteiger partial charge is 0.375 e. The number of hydrogen-bond acceptors (Lipinski definition) is 4. The molecule has 0 saturated carbocycles. The highest BCUT2D eigenvalue weighted by Crippen LogP contribution is 2.14. The molecule has 1 fully saturated rings. The summed E-state index contributed by atoms with van der Waals surface area (Å²) in [7, 11) is 0. The van der Waals surface area contributed by atoms with E-state index < -0.39 is 0 Å². The van der Waals surface area contributed by atoms with Gasteiger partial charge in [-0.15, -0.1) is 0 Å². The van der Waals surface area contributed by atoms with Crippen LogP contribution in [0.4, 0.5) is 0 Å². The number of carbonyl (C=O) groups is 1. The van der Waals surface area contributed by atoms with Crippen molar-refractivity contribution in [1.82, 2.24) is 4.90 Å². The third-order valence-electron chi connectivity index (χ3n) is 1.87. The van der Waals surface area contributed by atoms with Gasteiger partial charge < -0.3 is 9.64 Å². The molecule has 0 aliphatic carbocycles. The molecule has 0 aromatic heterocycles. The summed E-state index contributed by atoms with van der Waals surface area (Å²) in [4.78, 5) is 23.5. The van der Waals surface area contributed by atoms with Crippen LogP contribution in [0, 0.1) is 0 Å². The molecule has 1 rings (SSSR count). The van der Waals surface area contributed by atoms with Crippen LogP contribution in [0.5, 0.6) is 0 Å². The maximum atomic E-state index is 11.4. The monoisotopic (exact) mass is 215 g/mol. The Morgan fingerprint density at radius 2 is 2.50 bits per heavy atom. The minimum Gasteiger partial charge on any atom is -0.375 e. The second-order valence-electron chi connectivity index (χ2n) is 2.78. The lowest BCUT2D eigenvalue weighted by Crippen LogP contribution is -2.39. The minimum absolute atomic E-state index is 0.0284. The maximum Gasteiger partial charge on any atom is 0.237 e. The molecule has 1 aliphatic heterocycles. The number of ether oxygens (including phenoxy) is 1. The van der Waals surface area contributed by atoms with Crippen LogP contribution in [0.25, 0.3) is 0 Å². The first kappa shape index (κ1) is 11.3. The zero-order chi connectivity index (χ0) is 10.4. The first-order valence-electron chi connectivity index (χ1n) is 4.49. The van der Waals surface area contributed by atoms with E-state index in [-0.39, 0.29) is 12.5 Å². The normalized spacial score (nSPS) is 16.6. The summed E-state index contributed by atoms with van der Waals surface area (Å²) in [5.41, 5.74) is 0.317. The highest BCUT2D eigenvalue weighted by Gasteiger charge is 2.22. The molecule has 0 spiro atoms. The number of carbonyl (C=O) groups excluding carboxylic acids is 2. The molecular weight excluding hydrogens is 202 g/mol. The van der Waals surface area contributed by atoms with Gasteiger partial charge in [0.25, 0.3) is 0 Å². The zero-order valence-electron chi connectivity index (χ0n) is 8.12. The van der Waals surface area contributed by atoms with Crippen molar-refractivity contribution in [2.24, 2.45) is 0 Å². The Kier molecular flexibility index (Phi) is 4.73. The van der Waals surface area contributed by atoms with E-state index in [0.717, 1.165) is 5.75 Å². The van der Waals surface area contributed by atoms with Crippen LogP contribution >= 0.6 is 11.8 Å². The van der Waals surface area contributed by atoms with Gasteiger partial charge in [0.05, 0.1) is 12.4 Å². The lowest BCUT2D eigenvalue weighted by Gasteiger charge is -2.26. The molecular formula is C9H13NO3S. The Hall–Kier alpha value is -0.770. The Bertz CT molecular complexity index is 261. The molecule has 1 saturated heterocycles. The van der Waals surface area contributed by atoms with Gasteiger partial charge in [-0.2, -0.15) is 11.8 Å². The quantitative estimate of drug-likeness (QED) is 0.633. The van der Waals surface area contributed by atoms with Crippen molar-refractivity contribution in [1.29, 1.82) is 0 Å². The van der Waals surface area contributed by atoms with Gasteiger partial charge in [-0.25, -0.2) is 4.79 Å². The van der Waals surface area contributed by atoms with E-state index >= 15 is 0 Å². The van der Waals surface area contributed by atoms with Crippen molar-refractivity contribution in [2.75, 3.05) is 31.3 Å². The third kappa shape index (κ3) is 2.87. The van der Waals surface area contributed by atoms with Crippen LogP contribution in [-0.2, 0) is 14.3 Å². The van der Waals surface area contributed by atoms with E-state index in [0.29, 0.717) is 24.6 Å². The predicted molar refractivity (Wildman–Crippen MR) is 54.7 cm³/mol. The van der Waals surface area contributed by atoms with Crippen LogP contribution in [0.1, 0.15) is 6.92 Å². The van der Waals surface area contributed by atoms with E-state index in [1.54, 1.807) is 17.7 Å². The average molecular weight is 215 g/mol. The predicted octanol–water partition coefficient (Wildman–Crippen LogP) is 0.314. The molecule has 0 bridgehead atoms. The highest BCUT2D eigenvalue weighted by atomic mass is 32.2. The molecule has 4 nitrogen and oxygen atoms in total. The van der Waals surface area contributed by atoms with E-state index in [1.165, 1.54) is 4.90 Å². The first-order valence-corrected chi connectivity index (χ1v) is 5.65. The minimum atomic E-state index is -0.0284. The Labute approximate surface area is 87.3 Å². The summed E-state index contributed by atoms with van der Waals surface area (Å²) in [6.45, 7) is 3.13. The van der Waals surface area contributed by atoms with Gasteiger partial charge >= 0.3 is 0 Å². The Balaban J connectivity index is 2.59. The van der Waals surface area contributed by atoms with E-state index in [9.17, 15) is 9.59 Å². The standard InChI is InChI=1S/C9H13NO3S/c1-2-13-6-8(5-11)10-3-4-14-7-9(10)12/h2-4,6-7H2,1H3. The SMILES string of the molecule is CCOCC(=C=O)N1CCSCC1=O. The Morgan fingerprint density at radius 1 is 1.71 bits per heavy atom. The second kappa shape index (κ2) is 5.86. The fraction of sp³-hybridized carbons (Fsp3) is 0.667. The maximum absolute atomic E-state index is 11.4. The van der Waals surface area contributed by atoms with Crippen LogP contribution in [0.15, 0.2) is 5.70 Å². The van der Waals surface area contributed by atoms with Crippen LogP contribution in [0.3, 0.4) is 0 Å². The zero-order valence-corrected chi connectivity index (χ0v) is 8.93. The van der Waals surface area contributed by atoms with E-state index in [1.807, 2.05) is 6.92 Å². The molecule has 0 unspecified atom stereocenters. The van der Waals surface area contributed by atoms with Gasteiger partial charge in [0.15, 0.2) is 0 Å². The summed E-state index contributed by atoms with van der Waals surface area (Å²) in [5, 5.41) is 0.